The van der Waals surface area contributed by atoms with E-state index in [-0.39, 0.29) is 0 Å². The third-order valence-corrected chi connectivity index (χ3v) is 2.79. The van der Waals surface area contributed by atoms with E-state index in [1.54, 1.807) is 0 Å². The first-order chi connectivity index (χ1) is 6.29. The zero-order valence-electron chi connectivity index (χ0n) is 8.01. The summed E-state index contributed by atoms with van der Waals surface area (Å²) in [5, 5.41) is 3.46. The smallest absolute Gasteiger partial charge is 0.0392 e. The zero-order chi connectivity index (χ0) is 9.26. The Morgan fingerprint density at radius 2 is 2.31 bits per heavy atom. The Labute approximate surface area is 79.1 Å². The molecule has 2 heteroatoms. The molecule has 0 amide bonds. The Bertz CT molecular complexity index is 301. The van der Waals surface area contributed by atoms with Crippen LogP contribution in [0.25, 0.3) is 0 Å². The van der Waals surface area contributed by atoms with E-state index in [0.29, 0.717) is 6.04 Å². The number of nitrogens with one attached hydrogen (secondary N) is 1. The molecule has 1 aliphatic heterocycles. The van der Waals surface area contributed by atoms with Crippen molar-refractivity contribution in [3.8, 4) is 0 Å². The minimum absolute atomic E-state index is 0.486. The topological polar surface area (TPSA) is 38.0 Å². The van der Waals surface area contributed by atoms with Crippen molar-refractivity contribution in [1.82, 2.24) is 5.32 Å². The molecular formula is C11H16N2. The molecule has 0 radical (unpaired) electrons. The lowest BCUT2D eigenvalue weighted by molar-refractivity contribution is 0.649. The van der Waals surface area contributed by atoms with Gasteiger partial charge in [-0.3, -0.25) is 0 Å². The van der Waals surface area contributed by atoms with Crippen LogP contribution in [0.3, 0.4) is 0 Å². The molecule has 0 unspecified atom stereocenters. The Balaban J connectivity index is 2.33. The Hall–Kier alpha value is -1.02. The highest BCUT2D eigenvalue weighted by Crippen LogP contribution is 2.29. The summed E-state index contributed by atoms with van der Waals surface area (Å²) in [6.45, 7) is 3.19. The van der Waals surface area contributed by atoms with Crippen molar-refractivity contribution < 1.29 is 0 Å². The third-order valence-electron chi connectivity index (χ3n) is 2.79. The van der Waals surface area contributed by atoms with E-state index in [4.69, 9.17) is 5.73 Å². The highest BCUT2D eigenvalue weighted by molar-refractivity contribution is 5.54. The summed E-state index contributed by atoms with van der Waals surface area (Å²) in [7, 11) is 0. The van der Waals surface area contributed by atoms with Gasteiger partial charge in [0.1, 0.15) is 0 Å². The molecule has 0 aliphatic carbocycles. The highest BCUT2D eigenvalue weighted by Gasteiger charge is 2.18. The van der Waals surface area contributed by atoms with Gasteiger partial charge in [-0.2, -0.15) is 0 Å². The highest BCUT2D eigenvalue weighted by atomic mass is 14.9. The SMILES string of the molecule is Cc1cccc([C@@H]2CCCN2)c1N. The lowest BCUT2D eigenvalue weighted by Gasteiger charge is -2.14. The molecule has 2 rings (SSSR count). The molecule has 1 aliphatic rings. The van der Waals surface area contributed by atoms with Crippen molar-refractivity contribution in [2.45, 2.75) is 25.8 Å². The lowest BCUT2D eigenvalue weighted by atomic mass is 10.0. The van der Waals surface area contributed by atoms with Crippen molar-refractivity contribution in [2.24, 2.45) is 0 Å². The van der Waals surface area contributed by atoms with Crippen molar-refractivity contribution in [1.29, 1.82) is 0 Å². The molecule has 1 saturated heterocycles. The summed E-state index contributed by atoms with van der Waals surface area (Å²) in [6.07, 6.45) is 2.48. The second-order valence-corrected chi connectivity index (χ2v) is 3.73. The lowest BCUT2D eigenvalue weighted by Crippen LogP contribution is -2.14. The molecule has 1 fully saturated rings. The molecule has 0 saturated carbocycles. The summed E-state index contributed by atoms with van der Waals surface area (Å²) in [6, 6.07) is 6.76. The van der Waals surface area contributed by atoms with Crippen LogP contribution in [0, 0.1) is 6.92 Å². The Morgan fingerprint density at radius 3 is 3.00 bits per heavy atom. The third kappa shape index (κ3) is 1.54. The molecule has 0 spiro atoms. The second kappa shape index (κ2) is 3.38. The van der Waals surface area contributed by atoms with Crippen LogP contribution in [-0.2, 0) is 0 Å². The van der Waals surface area contributed by atoms with Crippen LogP contribution >= 0.6 is 0 Å². The minimum Gasteiger partial charge on any atom is -0.398 e. The first-order valence-corrected chi connectivity index (χ1v) is 4.87. The van der Waals surface area contributed by atoms with Crippen molar-refractivity contribution >= 4 is 5.69 Å². The standard InChI is InChI=1S/C11H16N2/c1-8-4-2-5-9(11(8)12)10-6-3-7-13-10/h2,4-5,10,13H,3,6-7,12H2,1H3/t10-/m0/s1. The summed E-state index contributed by atoms with van der Waals surface area (Å²) < 4.78 is 0. The van der Waals surface area contributed by atoms with Crippen LogP contribution in [0.5, 0.6) is 0 Å². The van der Waals surface area contributed by atoms with Gasteiger partial charge in [0, 0.05) is 11.7 Å². The van der Waals surface area contributed by atoms with Crippen molar-refractivity contribution in [3.63, 3.8) is 0 Å². The predicted octanol–water partition coefficient (Wildman–Crippen LogP) is 2.00. The van der Waals surface area contributed by atoms with Crippen LogP contribution in [0.2, 0.25) is 0 Å². The normalized spacial score (nSPS) is 22.1. The molecule has 70 valence electrons. The van der Waals surface area contributed by atoms with Gasteiger partial charge in [0.25, 0.3) is 0 Å². The van der Waals surface area contributed by atoms with E-state index in [0.717, 1.165) is 12.2 Å². The van der Waals surface area contributed by atoms with Crippen LogP contribution in [-0.4, -0.2) is 6.54 Å². The minimum atomic E-state index is 0.486. The van der Waals surface area contributed by atoms with Gasteiger partial charge in [-0.15, -0.1) is 0 Å². The number of anilines is 1. The van der Waals surface area contributed by atoms with Gasteiger partial charge < -0.3 is 11.1 Å². The van der Waals surface area contributed by atoms with Gasteiger partial charge in [0.05, 0.1) is 0 Å². The van der Waals surface area contributed by atoms with Crippen LogP contribution in [0.15, 0.2) is 18.2 Å². The average Bonchev–Trinajstić information content (AvgIpc) is 2.62. The molecule has 1 aromatic rings. The molecule has 3 N–H and O–H groups in total. The molecule has 1 aromatic carbocycles. The Morgan fingerprint density at radius 1 is 1.46 bits per heavy atom. The average molecular weight is 176 g/mol. The molecule has 1 heterocycles. The van der Waals surface area contributed by atoms with Gasteiger partial charge in [-0.05, 0) is 37.4 Å². The van der Waals surface area contributed by atoms with E-state index in [2.05, 4.69) is 30.4 Å². The zero-order valence-corrected chi connectivity index (χ0v) is 8.01. The molecular weight excluding hydrogens is 160 g/mol. The monoisotopic (exact) mass is 176 g/mol. The largest absolute Gasteiger partial charge is 0.398 e. The summed E-state index contributed by atoms with van der Waals surface area (Å²) in [5.74, 6) is 0. The first-order valence-electron chi connectivity index (χ1n) is 4.87. The predicted molar refractivity (Wildman–Crippen MR) is 55.6 cm³/mol. The maximum Gasteiger partial charge on any atom is 0.0392 e. The number of nitrogens with two attached hydrogens (primary N) is 1. The van der Waals surface area contributed by atoms with Crippen molar-refractivity contribution in [2.75, 3.05) is 12.3 Å². The van der Waals surface area contributed by atoms with E-state index >= 15 is 0 Å². The van der Waals surface area contributed by atoms with E-state index in [9.17, 15) is 0 Å². The number of hydrogen-bond donors (Lipinski definition) is 2. The van der Waals surface area contributed by atoms with Gasteiger partial charge in [-0.1, -0.05) is 18.2 Å². The maximum atomic E-state index is 6.02. The summed E-state index contributed by atoms with van der Waals surface area (Å²) in [5.41, 5.74) is 9.44. The van der Waals surface area contributed by atoms with Crippen LogP contribution in [0.4, 0.5) is 5.69 Å². The number of hydrogen-bond acceptors (Lipinski definition) is 2. The fraction of sp³-hybridized carbons (Fsp3) is 0.455. The molecule has 0 aromatic heterocycles. The summed E-state index contributed by atoms with van der Waals surface area (Å²) >= 11 is 0. The first kappa shape index (κ1) is 8.57. The fourth-order valence-corrected chi connectivity index (χ4v) is 1.96. The second-order valence-electron chi connectivity index (χ2n) is 3.73. The van der Waals surface area contributed by atoms with Crippen molar-refractivity contribution in [3.05, 3.63) is 29.3 Å². The van der Waals surface area contributed by atoms with Gasteiger partial charge >= 0.3 is 0 Å². The summed E-state index contributed by atoms with van der Waals surface area (Å²) in [4.78, 5) is 0. The van der Waals surface area contributed by atoms with Crippen LogP contribution < -0.4 is 11.1 Å². The quantitative estimate of drug-likeness (QED) is 0.642. The molecule has 2 nitrogen and oxygen atoms in total. The maximum absolute atomic E-state index is 6.02. The van der Waals surface area contributed by atoms with Gasteiger partial charge in [0.15, 0.2) is 0 Å². The van der Waals surface area contributed by atoms with Gasteiger partial charge in [-0.25, -0.2) is 0 Å². The number of benzene rings is 1. The number of nitrogen functional groups attached to an aromatic ring is 1. The van der Waals surface area contributed by atoms with Gasteiger partial charge in [0.2, 0.25) is 0 Å². The number of para-hydroxylation sites is 1. The van der Waals surface area contributed by atoms with E-state index in [1.807, 2.05) is 0 Å². The number of rotatable bonds is 1. The molecule has 0 bridgehead atoms. The van der Waals surface area contributed by atoms with E-state index < -0.39 is 0 Å². The fourth-order valence-electron chi connectivity index (χ4n) is 1.96. The molecule has 1 atom stereocenters. The van der Waals surface area contributed by atoms with Crippen LogP contribution in [0.1, 0.15) is 30.0 Å². The Kier molecular flexibility index (Phi) is 2.23. The molecule has 13 heavy (non-hydrogen) atoms. The number of aryl methyl sites for hydroxylation is 1. The van der Waals surface area contributed by atoms with E-state index in [1.165, 1.54) is 24.0 Å².